The van der Waals surface area contributed by atoms with E-state index in [1.807, 2.05) is 42.5 Å². The number of nitrogens with two attached hydrogens (primary N) is 1. The van der Waals surface area contributed by atoms with Crippen molar-refractivity contribution in [1.29, 1.82) is 0 Å². The third-order valence-electron chi connectivity index (χ3n) is 8.22. The summed E-state index contributed by atoms with van der Waals surface area (Å²) in [5.41, 5.74) is 9.28. The number of benzene rings is 2. The third kappa shape index (κ3) is 6.65. The van der Waals surface area contributed by atoms with E-state index in [0.29, 0.717) is 22.0 Å². The lowest BCUT2D eigenvalue weighted by Crippen LogP contribution is -2.41. The van der Waals surface area contributed by atoms with Crippen LogP contribution in [0, 0.1) is 5.92 Å². The Kier molecular flexibility index (Phi) is 8.83. The minimum absolute atomic E-state index is 0.0188. The van der Waals surface area contributed by atoms with Gasteiger partial charge in [0.1, 0.15) is 0 Å². The molecule has 2 aliphatic carbocycles. The van der Waals surface area contributed by atoms with E-state index in [0.717, 1.165) is 75.6 Å². The molecule has 1 saturated carbocycles. The van der Waals surface area contributed by atoms with Gasteiger partial charge in [-0.05, 0) is 100 Å². The van der Waals surface area contributed by atoms with E-state index in [1.54, 1.807) is 23.5 Å². The first-order chi connectivity index (χ1) is 18.4. The van der Waals surface area contributed by atoms with E-state index in [9.17, 15) is 8.42 Å². The van der Waals surface area contributed by atoms with E-state index < -0.39 is 10.0 Å². The van der Waals surface area contributed by atoms with Gasteiger partial charge in [-0.3, -0.25) is 0 Å². The van der Waals surface area contributed by atoms with E-state index >= 15 is 0 Å². The van der Waals surface area contributed by atoms with E-state index in [1.165, 1.54) is 17.0 Å². The quantitative estimate of drug-likeness (QED) is 0.327. The van der Waals surface area contributed by atoms with Gasteiger partial charge in [-0.15, -0.1) is 11.3 Å². The number of anilines is 1. The molecule has 3 aromatic rings. The predicted octanol–water partition coefficient (Wildman–Crippen LogP) is 5.89. The lowest BCUT2D eigenvalue weighted by atomic mass is 9.84. The Labute approximate surface area is 231 Å². The van der Waals surface area contributed by atoms with Gasteiger partial charge < -0.3 is 10.6 Å². The van der Waals surface area contributed by atoms with Crippen LogP contribution in [0.2, 0.25) is 0 Å². The number of hydrogen-bond donors (Lipinski definition) is 2. The number of nitrogen functional groups attached to an aromatic ring is 1. The highest BCUT2D eigenvalue weighted by atomic mass is 32.2. The van der Waals surface area contributed by atoms with Crippen molar-refractivity contribution >= 4 is 26.5 Å². The summed E-state index contributed by atoms with van der Waals surface area (Å²) in [6, 6.07) is 17.8. The largest absolute Gasteiger partial charge is 0.375 e. The zero-order valence-electron chi connectivity index (χ0n) is 22.3. The van der Waals surface area contributed by atoms with Crippen LogP contribution in [0.25, 0.3) is 11.1 Å². The maximum Gasteiger partial charge on any atom is 0.240 e. The van der Waals surface area contributed by atoms with Crippen LogP contribution in [0.1, 0.15) is 62.4 Å². The summed E-state index contributed by atoms with van der Waals surface area (Å²) in [6.45, 7) is 4.52. The molecule has 1 unspecified atom stereocenters. The Morgan fingerprint density at radius 1 is 0.974 bits per heavy atom. The van der Waals surface area contributed by atoms with Crippen molar-refractivity contribution < 1.29 is 8.42 Å². The molecular formula is C30H40N4O2S2. The van der Waals surface area contributed by atoms with Gasteiger partial charge in [0, 0.05) is 17.0 Å². The molecule has 3 N–H and O–H groups in total. The van der Waals surface area contributed by atoms with Crippen LogP contribution in [-0.2, 0) is 22.9 Å². The average Bonchev–Trinajstić information content (AvgIpc) is 3.31. The Hall–Kier alpha value is -2.26. The first-order valence-corrected chi connectivity index (χ1v) is 16.4. The molecule has 2 aliphatic rings. The molecule has 2 aromatic carbocycles. The minimum Gasteiger partial charge on any atom is -0.375 e. The summed E-state index contributed by atoms with van der Waals surface area (Å²) in [4.78, 5) is 8.91. The lowest BCUT2D eigenvalue weighted by molar-refractivity contribution is 0.158. The summed E-state index contributed by atoms with van der Waals surface area (Å²) in [5.74, 6) is 0.665. The fourth-order valence-corrected chi connectivity index (χ4v) is 8.37. The van der Waals surface area contributed by atoms with Crippen LogP contribution in [-0.4, -0.2) is 43.5 Å². The molecule has 0 amide bonds. The molecule has 1 fully saturated rings. The van der Waals surface area contributed by atoms with Crippen LogP contribution in [0.3, 0.4) is 0 Å². The van der Waals surface area contributed by atoms with E-state index in [-0.39, 0.29) is 6.04 Å². The second-order valence-electron chi connectivity index (χ2n) is 10.9. The van der Waals surface area contributed by atoms with Gasteiger partial charge in [0.2, 0.25) is 10.0 Å². The zero-order chi connectivity index (χ0) is 26.5. The van der Waals surface area contributed by atoms with Crippen molar-refractivity contribution in [2.45, 2.75) is 81.7 Å². The molecule has 0 aliphatic heterocycles. The second-order valence-corrected chi connectivity index (χ2v) is 13.7. The molecule has 6 nitrogen and oxygen atoms in total. The number of nitrogens with zero attached hydrogens (tertiary/aromatic N) is 2. The van der Waals surface area contributed by atoms with Crippen molar-refractivity contribution in [3.8, 4) is 11.1 Å². The van der Waals surface area contributed by atoms with Gasteiger partial charge in [0.25, 0.3) is 0 Å². The zero-order valence-corrected chi connectivity index (χ0v) is 23.9. The highest BCUT2D eigenvalue weighted by Gasteiger charge is 2.29. The van der Waals surface area contributed by atoms with Gasteiger partial charge in [0.15, 0.2) is 5.13 Å². The second kappa shape index (κ2) is 12.3. The molecule has 0 saturated heterocycles. The van der Waals surface area contributed by atoms with Crippen molar-refractivity contribution in [2.24, 2.45) is 5.92 Å². The first-order valence-electron chi connectivity index (χ1n) is 14.1. The molecule has 38 heavy (non-hydrogen) atoms. The molecule has 5 rings (SSSR count). The topological polar surface area (TPSA) is 88.3 Å². The first kappa shape index (κ1) is 27.3. The number of thiazole rings is 1. The van der Waals surface area contributed by atoms with Crippen molar-refractivity contribution in [3.63, 3.8) is 0 Å². The van der Waals surface area contributed by atoms with Gasteiger partial charge in [-0.1, -0.05) is 49.4 Å². The smallest absolute Gasteiger partial charge is 0.240 e. The molecule has 0 bridgehead atoms. The molecule has 0 radical (unpaired) electrons. The fourth-order valence-electron chi connectivity index (χ4n) is 6.12. The van der Waals surface area contributed by atoms with Gasteiger partial charge >= 0.3 is 0 Å². The summed E-state index contributed by atoms with van der Waals surface area (Å²) in [7, 11) is -3.52. The predicted molar refractivity (Wildman–Crippen MR) is 157 cm³/mol. The lowest BCUT2D eigenvalue weighted by Gasteiger charge is -2.36. The number of aromatic nitrogens is 1. The SMILES string of the molecule is CCCN(CCC1CCC(NS(=O)(=O)c2ccc(-c3ccccc3)cc2)CC1)C1CCc2nc(N)sc2C1. The Morgan fingerprint density at radius 2 is 1.68 bits per heavy atom. The van der Waals surface area contributed by atoms with E-state index in [2.05, 4.69) is 21.5 Å². The van der Waals surface area contributed by atoms with E-state index in [4.69, 9.17) is 5.73 Å². The summed E-state index contributed by atoms with van der Waals surface area (Å²) < 4.78 is 29.1. The van der Waals surface area contributed by atoms with Crippen molar-refractivity contribution in [2.75, 3.05) is 18.8 Å². The number of fused-ring (bicyclic) bond motifs is 1. The van der Waals surface area contributed by atoms with Gasteiger partial charge in [-0.25, -0.2) is 18.1 Å². The standard InChI is InChI=1S/C30H40N4O2S2/c1-2-19-34(26-14-17-28-29(21-26)37-30(31)32-28)20-18-22-8-12-25(13-9-22)33-38(35,36)27-15-10-24(11-16-27)23-6-4-3-5-7-23/h3-7,10-11,15-16,22,25-26,33H,2,8-9,12-14,17-21H2,1H3,(H2,31,32). The third-order valence-corrected chi connectivity index (χ3v) is 10.7. The number of sulfonamides is 1. The summed E-state index contributed by atoms with van der Waals surface area (Å²) >= 11 is 1.66. The maximum absolute atomic E-state index is 13.1. The highest BCUT2D eigenvalue weighted by molar-refractivity contribution is 7.89. The summed E-state index contributed by atoms with van der Waals surface area (Å²) in [6.07, 6.45) is 9.61. The summed E-state index contributed by atoms with van der Waals surface area (Å²) in [5, 5.41) is 0.703. The number of hydrogen-bond acceptors (Lipinski definition) is 6. The molecule has 1 heterocycles. The average molecular weight is 553 g/mol. The molecule has 0 spiro atoms. The minimum atomic E-state index is -3.52. The van der Waals surface area contributed by atoms with Crippen LogP contribution in [0.5, 0.6) is 0 Å². The highest BCUT2D eigenvalue weighted by Crippen LogP contribution is 2.32. The number of rotatable bonds is 10. The molecular weight excluding hydrogens is 512 g/mol. The Morgan fingerprint density at radius 3 is 2.39 bits per heavy atom. The fraction of sp³-hybridized carbons (Fsp3) is 0.500. The van der Waals surface area contributed by atoms with Crippen LogP contribution >= 0.6 is 11.3 Å². The van der Waals surface area contributed by atoms with Crippen LogP contribution in [0.4, 0.5) is 5.13 Å². The Balaban J connectivity index is 1.10. The molecule has 8 heteroatoms. The molecule has 1 atom stereocenters. The Bertz CT molecular complexity index is 1280. The van der Waals surface area contributed by atoms with Crippen molar-refractivity contribution in [1.82, 2.24) is 14.6 Å². The van der Waals surface area contributed by atoms with Crippen molar-refractivity contribution in [3.05, 3.63) is 65.2 Å². The number of aryl methyl sites for hydroxylation is 1. The monoisotopic (exact) mass is 552 g/mol. The molecule has 1 aromatic heterocycles. The van der Waals surface area contributed by atoms with Gasteiger partial charge in [-0.2, -0.15) is 0 Å². The van der Waals surface area contributed by atoms with Crippen LogP contribution < -0.4 is 10.5 Å². The number of nitrogens with one attached hydrogen (secondary N) is 1. The normalized spacial score (nSPS) is 21.9. The maximum atomic E-state index is 13.1. The van der Waals surface area contributed by atoms with Crippen LogP contribution in [0.15, 0.2) is 59.5 Å². The van der Waals surface area contributed by atoms with Gasteiger partial charge in [0.05, 0.1) is 10.6 Å². The molecule has 204 valence electrons.